The van der Waals surface area contributed by atoms with Crippen LogP contribution >= 0.6 is 23.5 Å². The third kappa shape index (κ3) is 16.4. The van der Waals surface area contributed by atoms with Crippen LogP contribution in [0.15, 0.2) is 5.11 Å². The topological polar surface area (TPSA) is 209 Å². The molecular formula is C11H26N3O10P3. The van der Waals surface area contributed by atoms with Crippen LogP contribution in [0.5, 0.6) is 0 Å². The predicted molar refractivity (Wildman–Crippen MR) is 95.1 cm³/mol. The molecule has 0 radical (unpaired) electrons. The number of azide groups is 1. The minimum atomic E-state index is -5.60. The molecule has 4 N–H and O–H groups in total. The van der Waals surface area contributed by atoms with E-state index < -0.39 is 29.7 Å². The van der Waals surface area contributed by atoms with Crippen LogP contribution in [0.2, 0.25) is 0 Å². The Morgan fingerprint density at radius 1 is 0.889 bits per heavy atom. The highest BCUT2D eigenvalue weighted by atomic mass is 31.3. The molecule has 0 aromatic heterocycles. The SMILES string of the molecule is CCCCCCCCCCC(N=[N+]=[N-])OP(=O)(O)OP(=O)(O)OP(=O)(O)O. The van der Waals surface area contributed by atoms with Gasteiger partial charge in [-0.25, -0.2) is 13.7 Å². The Kier molecular flexibility index (Phi) is 12.9. The third-order valence-electron chi connectivity index (χ3n) is 3.16. The molecule has 3 unspecified atom stereocenters. The Balaban J connectivity index is 4.45. The number of hydrogen-bond acceptors (Lipinski definition) is 7. The zero-order valence-corrected chi connectivity index (χ0v) is 17.5. The summed E-state index contributed by atoms with van der Waals surface area (Å²) in [4.78, 5) is 37.8. The normalized spacial score (nSPS) is 17.5. The van der Waals surface area contributed by atoms with Crippen LogP contribution in [-0.4, -0.2) is 25.8 Å². The van der Waals surface area contributed by atoms with Gasteiger partial charge in [-0.2, -0.15) is 8.62 Å². The van der Waals surface area contributed by atoms with Crippen molar-refractivity contribution >= 4 is 23.5 Å². The second-order valence-corrected chi connectivity index (χ2v) is 9.99. The molecule has 0 bridgehead atoms. The monoisotopic (exact) mass is 453 g/mol. The van der Waals surface area contributed by atoms with Crippen molar-refractivity contribution in [1.29, 1.82) is 0 Å². The van der Waals surface area contributed by atoms with Gasteiger partial charge in [0.15, 0.2) is 0 Å². The predicted octanol–water partition coefficient (Wildman–Crippen LogP) is 4.50. The lowest BCUT2D eigenvalue weighted by Crippen LogP contribution is -2.09. The summed E-state index contributed by atoms with van der Waals surface area (Å²) in [6.07, 6.45) is 6.36. The molecule has 16 heteroatoms. The van der Waals surface area contributed by atoms with Crippen molar-refractivity contribution in [2.24, 2.45) is 5.11 Å². The summed E-state index contributed by atoms with van der Waals surface area (Å²) in [6.45, 7) is 2.12. The molecule has 0 aliphatic heterocycles. The summed E-state index contributed by atoms with van der Waals surface area (Å²) in [7, 11) is -16.4. The molecule has 0 rings (SSSR count). The van der Waals surface area contributed by atoms with Gasteiger partial charge in [-0.15, -0.1) is 0 Å². The Bertz CT molecular complexity index is 621. The Hall–Kier alpha value is -0.280. The Morgan fingerprint density at radius 2 is 1.41 bits per heavy atom. The second kappa shape index (κ2) is 13.0. The zero-order valence-electron chi connectivity index (χ0n) is 14.9. The van der Waals surface area contributed by atoms with Gasteiger partial charge in [0.05, 0.1) is 0 Å². The standard InChI is InChI=1S/C11H26N3O10P3/c1-2-3-4-5-6-7-8-9-10-11(13-14-12)22-26(18,19)24-27(20,21)23-25(15,16)17/h11H,2-10H2,1H3,(H,18,19)(H,20,21)(H2,15,16,17). The molecule has 0 saturated carbocycles. The van der Waals surface area contributed by atoms with E-state index in [-0.39, 0.29) is 6.42 Å². The molecule has 0 fully saturated rings. The molecule has 0 aromatic rings. The molecule has 3 atom stereocenters. The first-order valence-corrected chi connectivity index (χ1v) is 12.8. The van der Waals surface area contributed by atoms with Crippen LogP contribution in [0, 0.1) is 0 Å². The fourth-order valence-corrected chi connectivity index (χ4v) is 5.21. The molecule has 0 aliphatic carbocycles. The number of phosphoric acid groups is 3. The molecule has 0 saturated heterocycles. The van der Waals surface area contributed by atoms with Gasteiger partial charge in [0.2, 0.25) is 0 Å². The lowest BCUT2D eigenvalue weighted by molar-refractivity contribution is 0.122. The highest BCUT2D eigenvalue weighted by Crippen LogP contribution is 2.66. The number of unbranched alkanes of at least 4 members (excludes halogenated alkanes) is 7. The van der Waals surface area contributed by atoms with E-state index >= 15 is 0 Å². The summed E-state index contributed by atoms with van der Waals surface area (Å²) in [6, 6.07) is 0. The molecule has 160 valence electrons. The molecule has 0 heterocycles. The van der Waals surface area contributed by atoms with E-state index in [4.69, 9.17) is 20.2 Å². The van der Waals surface area contributed by atoms with Crippen LogP contribution in [0.4, 0.5) is 0 Å². The van der Waals surface area contributed by atoms with E-state index in [1.54, 1.807) is 0 Å². The molecular weight excluding hydrogens is 427 g/mol. The molecule has 13 nitrogen and oxygen atoms in total. The molecule has 27 heavy (non-hydrogen) atoms. The van der Waals surface area contributed by atoms with E-state index in [1.165, 1.54) is 6.42 Å². The number of phosphoric ester groups is 1. The number of rotatable bonds is 16. The van der Waals surface area contributed by atoms with Crippen molar-refractivity contribution < 1.29 is 46.4 Å². The van der Waals surface area contributed by atoms with E-state index in [1.807, 2.05) is 0 Å². The van der Waals surface area contributed by atoms with E-state index in [0.717, 1.165) is 38.5 Å². The van der Waals surface area contributed by atoms with Crippen LogP contribution in [0.1, 0.15) is 64.7 Å². The van der Waals surface area contributed by atoms with Crippen molar-refractivity contribution in [1.82, 2.24) is 0 Å². The summed E-state index contributed by atoms with van der Waals surface area (Å²) in [5.74, 6) is 0. The summed E-state index contributed by atoms with van der Waals surface area (Å²) in [5.41, 5.74) is 8.48. The van der Waals surface area contributed by atoms with Crippen LogP contribution in [0.25, 0.3) is 10.4 Å². The lowest BCUT2D eigenvalue weighted by Gasteiger charge is -2.19. The van der Waals surface area contributed by atoms with Crippen molar-refractivity contribution in [2.45, 2.75) is 70.9 Å². The van der Waals surface area contributed by atoms with Gasteiger partial charge >= 0.3 is 23.5 Å². The molecule has 0 amide bonds. The van der Waals surface area contributed by atoms with Crippen molar-refractivity contribution in [2.75, 3.05) is 0 Å². The second-order valence-electron chi connectivity index (χ2n) is 5.62. The van der Waals surface area contributed by atoms with Crippen molar-refractivity contribution in [3.63, 3.8) is 0 Å². The minimum absolute atomic E-state index is 0.0437. The van der Waals surface area contributed by atoms with Gasteiger partial charge < -0.3 is 19.6 Å². The molecule has 0 aliphatic rings. The highest BCUT2D eigenvalue weighted by molar-refractivity contribution is 7.66. The third-order valence-corrected chi connectivity index (χ3v) is 6.99. The maximum absolute atomic E-state index is 11.7. The van der Waals surface area contributed by atoms with Gasteiger partial charge in [-0.05, 0) is 12.0 Å². The maximum atomic E-state index is 11.7. The van der Waals surface area contributed by atoms with Crippen LogP contribution < -0.4 is 0 Å². The summed E-state index contributed by atoms with van der Waals surface area (Å²) >= 11 is 0. The van der Waals surface area contributed by atoms with Gasteiger partial charge in [-0.3, -0.25) is 4.52 Å². The van der Waals surface area contributed by atoms with Crippen LogP contribution in [-0.2, 0) is 26.8 Å². The summed E-state index contributed by atoms with van der Waals surface area (Å²) < 4.78 is 45.2. The van der Waals surface area contributed by atoms with Gasteiger partial charge in [0.25, 0.3) is 0 Å². The van der Waals surface area contributed by atoms with Crippen LogP contribution in [0.3, 0.4) is 0 Å². The fourth-order valence-electron chi connectivity index (χ4n) is 2.09. The van der Waals surface area contributed by atoms with Gasteiger partial charge in [0.1, 0.15) is 6.23 Å². The Labute approximate surface area is 157 Å². The minimum Gasteiger partial charge on any atom is -0.302 e. The zero-order chi connectivity index (χ0) is 21.0. The first-order chi connectivity index (χ1) is 12.4. The maximum Gasteiger partial charge on any atom is 0.490 e. The van der Waals surface area contributed by atoms with Gasteiger partial charge in [0, 0.05) is 4.91 Å². The van der Waals surface area contributed by atoms with E-state index in [2.05, 4.69) is 30.1 Å². The largest absolute Gasteiger partial charge is 0.490 e. The average molecular weight is 453 g/mol. The highest BCUT2D eigenvalue weighted by Gasteiger charge is 2.41. The summed E-state index contributed by atoms with van der Waals surface area (Å²) in [5, 5.41) is 3.15. The smallest absolute Gasteiger partial charge is 0.302 e. The lowest BCUT2D eigenvalue weighted by atomic mass is 10.1. The average Bonchev–Trinajstić information content (AvgIpc) is 2.45. The van der Waals surface area contributed by atoms with Gasteiger partial charge in [-0.1, -0.05) is 63.4 Å². The first-order valence-electron chi connectivity index (χ1n) is 8.27. The molecule has 0 aromatic carbocycles. The van der Waals surface area contributed by atoms with E-state index in [9.17, 15) is 18.6 Å². The number of nitrogens with zero attached hydrogens (tertiary/aromatic N) is 3. The quantitative estimate of drug-likeness (QED) is 0.0845. The van der Waals surface area contributed by atoms with Crippen molar-refractivity contribution in [3.8, 4) is 0 Å². The molecule has 0 spiro atoms. The number of hydrogen-bond donors (Lipinski definition) is 4. The van der Waals surface area contributed by atoms with E-state index in [0.29, 0.717) is 6.42 Å². The van der Waals surface area contributed by atoms with Crippen molar-refractivity contribution in [3.05, 3.63) is 10.4 Å². The first kappa shape index (κ1) is 26.7. The Morgan fingerprint density at radius 3 is 1.89 bits per heavy atom. The fraction of sp³-hybridized carbons (Fsp3) is 1.00.